The highest BCUT2D eigenvalue weighted by atomic mass is 127. The van der Waals surface area contributed by atoms with Gasteiger partial charge in [0, 0.05) is 0 Å². The van der Waals surface area contributed by atoms with Crippen molar-refractivity contribution in [1.82, 2.24) is 10.2 Å². The molecule has 6 nitrogen and oxygen atoms in total. The quantitative estimate of drug-likeness (QED) is 0.266. The Labute approximate surface area is 194 Å². The number of rotatable bonds is 4. The van der Waals surface area contributed by atoms with Crippen molar-refractivity contribution in [2.45, 2.75) is 34.3 Å². The van der Waals surface area contributed by atoms with Gasteiger partial charge in [0.1, 0.15) is 5.82 Å². The van der Waals surface area contributed by atoms with Crippen LogP contribution in [0.3, 0.4) is 0 Å². The van der Waals surface area contributed by atoms with Crippen LogP contribution in [0.4, 0.5) is 17.6 Å². The first-order valence-electron chi connectivity index (χ1n) is 9.20. The zero-order valence-electron chi connectivity index (χ0n) is 16.6. The summed E-state index contributed by atoms with van der Waals surface area (Å²) >= 11 is 2.19. The maximum absolute atomic E-state index is 13.7. The third-order valence-electron chi connectivity index (χ3n) is 5.78. The van der Waals surface area contributed by atoms with Crippen molar-refractivity contribution >= 4 is 32.6 Å². The highest BCUT2D eigenvalue weighted by Crippen LogP contribution is 2.77. The van der Waals surface area contributed by atoms with E-state index in [4.69, 9.17) is 9.56 Å². The minimum atomic E-state index is -4.73. The lowest BCUT2D eigenvalue weighted by Crippen LogP contribution is -2.13. The van der Waals surface area contributed by atoms with Gasteiger partial charge in [0.25, 0.3) is 0 Å². The van der Waals surface area contributed by atoms with Crippen LogP contribution in [0, 0.1) is 11.2 Å². The summed E-state index contributed by atoms with van der Waals surface area (Å²) in [7, 11) is -3.85. The number of nitrogens with zero attached hydrogens (tertiary/aromatic N) is 2. The molecule has 3 aromatic rings. The summed E-state index contributed by atoms with van der Waals surface area (Å²) in [6.45, 7) is 3.84. The maximum atomic E-state index is 13.7. The predicted octanol–water partition coefficient (Wildman–Crippen LogP) is 5.00. The Morgan fingerprint density at radius 3 is 2.28 bits per heavy atom. The van der Waals surface area contributed by atoms with Crippen molar-refractivity contribution in [3.8, 4) is 11.5 Å². The lowest BCUT2D eigenvalue weighted by Gasteiger charge is -2.13. The van der Waals surface area contributed by atoms with E-state index in [1.54, 1.807) is 12.1 Å². The number of hydrogen-bond acceptors (Lipinski definition) is 5. The van der Waals surface area contributed by atoms with Gasteiger partial charge in [0.2, 0.25) is 21.8 Å². The van der Waals surface area contributed by atoms with E-state index in [9.17, 15) is 26.0 Å². The van der Waals surface area contributed by atoms with Crippen LogP contribution in [0.5, 0.6) is 0 Å². The van der Waals surface area contributed by atoms with Gasteiger partial charge in [-0.1, -0.05) is 48.6 Å². The summed E-state index contributed by atoms with van der Waals surface area (Å²) in [5, 5.41) is 12.9. The molecule has 12 heteroatoms. The molecule has 2 N–H and O–H groups in total. The summed E-state index contributed by atoms with van der Waals surface area (Å²) < 4.78 is 81.8. The van der Waals surface area contributed by atoms with E-state index in [0.29, 0.717) is 18.2 Å². The number of nitrogens with two attached hydrogens (primary N) is 1. The van der Waals surface area contributed by atoms with Crippen LogP contribution in [-0.2, 0) is 19.6 Å². The number of benzene rings is 2. The average Bonchev–Trinajstić information content (AvgIpc) is 2.98. The molecule has 2 aromatic carbocycles. The number of primary sulfonamides is 1. The molecule has 1 aliphatic rings. The Balaban J connectivity index is 1.72. The van der Waals surface area contributed by atoms with E-state index in [2.05, 4.69) is 32.8 Å². The Morgan fingerprint density at radius 1 is 1.09 bits per heavy atom. The topological polar surface area (TPSA) is 99.1 Å². The van der Waals surface area contributed by atoms with E-state index in [0.717, 1.165) is 5.56 Å². The molecule has 4 rings (SSSR count). The second-order valence-electron chi connectivity index (χ2n) is 8.07. The molecule has 0 saturated heterocycles. The molecule has 170 valence electrons. The van der Waals surface area contributed by atoms with Crippen molar-refractivity contribution in [2.24, 2.45) is 10.6 Å². The molecule has 1 saturated carbocycles. The zero-order valence-corrected chi connectivity index (χ0v) is 19.6. The standard InChI is InChI=1S/C20H16F4IN3O3S/c1-18(2)15(19(18,25)10-3-6-12(7-4-10)32(26,29)30)17-28-27-16(31-17)13-9-11(21)5-8-14(13)20(22,23)24/h3-9,15H,1-2H3,(H2,26,29,30)/t15-,19+/m1/s1. The van der Waals surface area contributed by atoms with Crippen LogP contribution in [0.15, 0.2) is 51.8 Å². The van der Waals surface area contributed by atoms with Gasteiger partial charge in [0.05, 0.1) is 25.4 Å². The van der Waals surface area contributed by atoms with Crippen molar-refractivity contribution < 1.29 is 30.4 Å². The molecule has 1 aliphatic carbocycles. The minimum absolute atomic E-state index is 0.0397. The molecule has 1 fully saturated rings. The molecule has 32 heavy (non-hydrogen) atoms. The fourth-order valence-corrected chi connectivity index (χ4v) is 6.09. The first-order chi connectivity index (χ1) is 14.7. The number of alkyl halides is 4. The fourth-order valence-electron chi connectivity index (χ4n) is 4.02. The lowest BCUT2D eigenvalue weighted by molar-refractivity contribution is -0.137. The number of halogens is 5. The summed E-state index contributed by atoms with van der Waals surface area (Å²) in [5.74, 6) is -1.57. The third kappa shape index (κ3) is 3.61. The summed E-state index contributed by atoms with van der Waals surface area (Å²) in [6.07, 6.45) is -4.73. The highest BCUT2D eigenvalue weighted by molar-refractivity contribution is 14.1. The molecule has 0 spiro atoms. The molecular formula is C20H16F4IN3O3S. The first-order valence-corrected chi connectivity index (χ1v) is 11.8. The van der Waals surface area contributed by atoms with Gasteiger partial charge in [-0.25, -0.2) is 17.9 Å². The lowest BCUT2D eigenvalue weighted by atomic mass is 10.0. The van der Waals surface area contributed by atoms with Crippen molar-refractivity contribution in [3.63, 3.8) is 0 Å². The first kappa shape index (κ1) is 23.1. The Kier molecular flexibility index (Phi) is 5.21. The number of sulfonamides is 1. The third-order valence-corrected chi connectivity index (χ3v) is 9.35. The molecule has 0 unspecified atom stereocenters. The van der Waals surface area contributed by atoms with Crippen LogP contribution in [0.25, 0.3) is 11.5 Å². The summed E-state index contributed by atoms with van der Waals surface area (Å²) in [6, 6.07) is 8.08. The molecule has 0 bridgehead atoms. The van der Waals surface area contributed by atoms with E-state index in [1.165, 1.54) is 12.1 Å². The molecule has 0 radical (unpaired) electrons. The van der Waals surface area contributed by atoms with E-state index in [1.807, 2.05) is 13.8 Å². The van der Waals surface area contributed by atoms with Crippen LogP contribution in [0.2, 0.25) is 0 Å². The zero-order chi connectivity index (χ0) is 23.7. The van der Waals surface area contributed by atoms with Crippen molar-refractivity contribution in [1.29, 1.82) is 0 Å². The molecule has 0 amide bonds. The van der Waals surface area contributed by atoms with Gasteiger partial charge < -0.3 is 4.42 Å². The van der Waals surface area contributed by atoms with E-state index < -0.39 is 47.9 Å². The smallest absolute Gasteiger partial charge is 0.417 e. The van der Waals surface area contributed by atoms with Crippen LogP contribution in [0.1, 0.15) is 36.8 Å². The van der Waals surface area contributed by atoms with Gasteiger partial charge in [-0.05, 0) is 41.3 Å². The van der Waals surface area contributed by atoms with Gasteiger partial charge in [-0.2, -0.15) is 13.2 Å². The average molecular weight is 581 g/mol. The van der Waals surface area contributed by atoms with Crippen molar-refractivity contribution in [2.75, 3.05) is 0 Å². The van der Waals surface area contributed by atoms with Gasteiger partial charge in [-0.3, -0.25) is 0 Å². The van der Waals surface area contributed by atoms with E-state index in [-0.39, 0.29) is 16.7 Å². The van der Waals surface area contributed by atoms with Gasteiger partial charge in [0.15, 0.2) is 0 Å². The van der Waals surface area contributed by atoms with Crippen LogP contribution < -0.4 is 5.14 Å². The number of aromatic nitrogens is 2. The van der Waals surface area contributed by atoms with Crippen LogP contribution >= 0.6 is 22.6 Å². The Morgan fingerprint density at radius 2 is 1.72 bits per heavy atom. The molecule has 2 atom stereocenters. The predicted molar refractivity (Wildman–Crippen MR) is 115 cm³/mol. The summed E-state index contributed by atoms with van der Waals surface area (Å²) in [4.78, 5) is -0.0397. The maximum Gasteiger partial charge on any atom is 0.417 e. The largest absolute Gasteiger partial charge is 0.420 e. The Hall–Kier alpha value is -2.06. The normalized spacial score (nSPS) is 22.7. The van der Waals surface area contributed by atoms with E-state index >= 15 is 0 Å². The molecular weight excluding hydrogens is 565 g/mol. The minimum Gasteiger partial charge on any atom is -0.420 e. The van der Waals surface area contributed by atoms with Gasteiger partial charge in [-0.15, -0.1) is 10.2 Å². The monoisotopic (exact) mass is 581 g/mol. The second-order valence-corrected chi connectivity index (χ2v) is 11.3. The summed E-state index contributed by atoms with van der Waals surface area (Å²) in [5.41, 5.74) is -1.30. The van der Waals surface area contributed by atoms with Crippen LogP contribution in [-0.4, -0.2) is 18.6 Å². The highest BCUT2D eigenvalue weighted by Gasteiger charge is 2.73. The SMILES string of the molecule is CC1(C)[C@@H](c2nnc(-c3cc(F)ccc3C(F)(F)F)o2)[C@@]1(I)c1ccc(S(N)(=O)=O)cc1. The van der Waals surface area contributed by atoms with Gasteiger partial charge >= 0.3 is 6.18 Å². The number of hydrogen-bond donors (Lipinski definition) is 1. The fraction of sp³-hybridized carbons (Fsp3) is 0.300. The van der Waals surface area contributed by atoms with Crippen molar-refractivity contribution in [3.05, 3.63) is 65.3 Å². The second kappa shape index (κ2) is 7.22. The Bertz CT molecular complexity index is 1310. The molecule has 0 aliphatic heterocycles. The molecule has 1 heterocycles. The molecule has 1 aromatic heterocycles.